The molecule has 3 rings (SSSR count). The van der Waals surface area contributed by atoms with Crippen LogP contribution in [-0.4, -0.2) is 27.9 Å². The number of rotatable bonds is 9. The molecule has 3 aromatic rings. The minimum absolute atomic E-state index is 0.178. The second-order valence-electron chi connectivity index (χ2n) is 7.68. The van der Waals surface area contributed by atoms with Gasteiger partial charge in [-0.3, -0.25) is 29.8 Å². The first-order valence-electron chi connectivity index (χ1n) is 10.5. The SMILES string of the molecule is Cc1ccc(NC(=O)CC(=O)NN=Cc2cccc(Oc3ccc([N+](=O)[O-])cc3[N+](=O)[O-])c2)c(C)c1. The van der Waals surface area contributed by atoms with Gasteiger partial charge in [0, 0.05) is 11.8 Å². The average Bonchev–Trinajstić information content (AvgIpc) is 2.81. The van der Waals surface area contributed by atoms with Crippen LogP contribution in [0.1, 0.15) is 23.1 Å². The molecule has 36 heavy (non-hydrogen) atoms. The van der Waals surface area contributed by atoms with Crippen LogP contribution in [0.3, 0.4) is 0 Å². The van der Waals surface area contributed by atoms with E-state index in [-0.39, 0.29) is 11.5 Å². The van der Waals surface area contributed by atoms with Gasteiger partial charge in [-0.15, -0.1) is 0 Å². The summed E-state index contributed by atoms with van der Waals surface area (Å²) in [6, 6.07) is 14.8. The summed E-state index contributed by atoms with van der Waals surface area (Å²) in [5.74, 6) is -1.09. The van der Waals surface area contributed by atoms with Gasteiger partial charge in [0.25, 0.3) is 5.69 Å². The van der Waals surface area contributed by atoms with Crippen molar-refractivity contribution in [3.05, 3.63) is 97.6 Å². The van der Waals surface area contributed by atoms with E-state index in [0.29, 0.717) is 11.3 Å². The smallest absolute Gasteiger partial charge is 0.318 e. The molecule has 0 aliphatic heterocycles. The average molecular weight is 491 g/mol. The van der Waals surface area contributed by atoms with Crippen LogP contribution in [0.4, 0.5) is 17.1 Å². The van der Waals surface area contributed by atoms with Crippen molar-refractivity contribution in [2.24, 2.45) is 5.10 Å². The quantitative estimate of drug-likeness (QED) is 0.194. The van der Waals surface area contributed by atoms with Crippen molar-refractivity contribution >= 4 is 35.1 Å². The van der Waals surface area contributed by atoms with Crippen molar-refractivity contribution in [3.63, 3.8) is 0 Å². The predicted octanol–water partition coefficient (Wildman–Crippen LogP) is 4.39. The molecule has 0 saturated carbocycles. The van der Waals surface area contributed by atoms with E-state index in [1.807, 2.05) is 26.0 Å². The Morgan fingerprint density at radius 2 is 1.75 bits per heavy atom. The number of carbonyl (C=O) groups is 2. The van der Waals surface area contributed by atoms with E-state index in [9.17, 15) is 29.8 Å². The number of hydrogen-bond donors (Lipinski definition) is 2. The second-order valence-corrected chi connectivity index (χ2v) is 7.68. The summed E-state index contributed by atoms with van der Waals surface area (Å²) in [6.07, 6.45) is 0.870. The van der Waals surface area contributed by atoms with Crippen molar-refractivity contribution in [2.75, 3.05) is 5.32 Å². The molecule has 0 aliphatic rings. The molecular formula is C24H21N5O7. The van der Waals surface area contributed by atoms with Gasteiger partial charge in [-0.1, -0.05) is 29.8 Å². The molecule has 0 atom stereocenters. The van der Waals surface area contributed by atoms with Gasteiger partial charge in [-0.25, -0.2) is 5.43 Å². The van der Waals surface area contributed by atoms with Gasteiger partial charge in [0.2, 0.25) is 17.6 Å². The largest absolute Gasteiger partial charge is 0.450 e. The first-order chi connectivity index (χ1) is 17.1. The topological polar surface area (TPSA) is 166 Å². The maximum absolute atomic E-state index is 12.1. The minimum Gasteiger partial charge on any atom is -0.450 e. The zero-order chi connectivity index (χ0) is 26.2. The number of non-ortho nitro benzene ring substituents is 1. The number of ether oxygens (including phenoxy) is 1. The number of nitro benzene ring substituents is 2. The van der Waals surface area contributed by atoms with E-state index >= 15 is 0 Å². The van der Waals surface area contributed by atoms with Crippen LogP contribution in [0.25, 0.3) is 0 Å². The summed E-state index contributed by atoms with van der Waals surface area (Å²) in [4.78, 5) is 44.8. The molecule has 0 saturated heterocycles. The Morgan fingerprint density at radius 1 is 0.972 bits per heavy atom. The molecule has 2 amide bonds. The molecule has 0 unspecified atom stereocenters. The number of nitrogens with zero attached hydrogens (tertiary/aromatic N) is 3. The van der Waals surface area contributed by atoms with Crippen LogP contribution in [0, 0.1) is 34.1 Å². The first kappa shape index (κ1) is 25.5. The Bertz CT molecular complexity index is 1370. The summed E-state index contributed by atoms with van der Waals surface area (Å²) in [5.41, 5.74) is 4.29. The number of hydrazone groups is 1. The molecule has 0 spiro atoms. The Hall–Kier alpha value is -5.13. The van der Waals surface area contributed by atoms with Crippen LogP contribution in [0.2, 0.25) is 0 Å². The zero-order valence-electron chi connectivity index (χ0n) is 19.3. The van der Waals surface area contributed by atoms with Gasteiger partial charge in [-0.2, -0.15) is 5.10 Å². The third-order valence-corrected chi connectivity index (χ3v) is 4.82. The van der Waals surface area contributed by atoms with Gasteiger partial charge in [0.1, 0.15) is 12.2 Å². The fourth-order valence-electron chi connectivity index (χ4n) is 3.15. The molecule has 0 radical (unpaired) electrons. The summed E-state index contributed by atoms with van der Waals surface area (Å²) < 4.78 is 5.53. The highest BCUT2D eigenvalue weighted by molar-refractivity contribution is 6.04. The molecule has 0 aliphatic carbocycles. The van der Waals surface area contributed by atoms with Gasteiger partial charge < -0.3 is 10.1 Å². The lowest BCUT2D eigenvalue weighted by molar-refractivity contribution is -0.394. The number of amides is 2. The van der Waals surface area contributed by atoms with E-state index in [1.165, 1.54) is 18.3 Å². The lowest BCUT2D eigenvalue weighted by Gasteiger charge is -2.08. The van der Waals surface area contributed by atoms with E-state index in [2.05, 4.69) is 15.8 Å². The monoisotopic (exact) mass is 491 g/mol. The third-order valence-electron chi connectivity index (χ3n) is 4.82. The number of anilines is 1. The molecule has 0 heterocycles. The van der Waals surface area contributed by atoms with Gasteiger partial charge >= 0.3 is 5.69 Å². The van der Waals surface area contributed by atoms with Crippen molar-refractivity contribution in [1.29, 1.82) is 0 Å². The Morgan fingerprint density at radius 3 is 2.44 bits per heavy atom. The van der Waals surface area contributed by atoms with Crippen LogP contribution in [-0.2, 0) is 9.59 Å². The highest BCUT2D eigenvalue weighted by atomic mass is 16.6. The van der Waals surface area contributed by atoms with Gasteiger partial charge in [0.05, 0.1) is 22.1 Å². The fourth-order valence-corrected chi connectivity index (χ4v) is 3.15. The molecular weight excluding hydrogens is 470 g/mol. The minimum atomic E-state index is -0.778. The number of benzene rings is 3. The zero-order valence-corrected chi connectivity index (χ0v) is 19.3. The summed E-state index contributed by atoms with van der Waals surface area (Å²) >= 11 is 0. The van der Waals surface area contributed by atoms with E-state index < -0.39 is 39.5 Å². The molecule has 0 aromatic heterocycles. The molecule has 2 N–H and O–H groups in total. The van der Waals surface area contributed by atoms with E-state index in [0.717, 1.165) is 29.3 Å². The maximum Gasteiger partial charge on any atom is 0.318 e. The molecule has 12 heteroatoms. The summed E-state index contributed by atoms with van der Waals surface area (Å²) in [5, 5.41) is 28.6. The van der Waals surface area contributed by atoms with Crippen molar-refractivity contribution < 1.29 is 24.2 Å². The van der Waals surface area contributed by atoms with Crippen LogP contribution in [0.15, 0.2) is 65.8 Å². The number of aryl methyl sites for hydroxylation is 2. The molecule has 3 aromatic carbocycles. The Balaban J connectivity index is 1.60. The Kier molecular flexibility index (Phi) is 8.02. The lowest BCUT2D eigenvalue weighted by Crippen LogP contribution is -2.24. The standard InChI is InChI=1S/C24H21N5O7/c1-15-6-8-20(16(2)10-15)26-23(30)13-24(31)27-25-14-17-4-3-5-19(11-17)36-22-9-7-18(28(32)33)12-21(22)29(34)35/h3-12,14H,13H2,1-2H3,(H,26,30)(H,27,31). The van der Waals surface area contributed by atoms with Crippen LogP contribution >= 0.6 is 0 Å². The van der Waals surface area contributed by atoms with Crippen molar-refractivity contribution in [2.45, 2.75) is 20.3 Å². The number of nitro groups is 2. The van der Waals surface area contributed by atoms with Gasteiger partial charge in [-0.05, 0) is 49.2 Å². The van der Waals surface area contributed by atoms with Gasteiger partial charge in [0.15, 0.2) is 0 Å². The lowest BCUT2D eigenvalue weighted by atomic mass is 10.1. The predicted molar refractivity (Wildman–Crippen MR) is 131 cm³/mol. The van der Waals surface area contributed by atoms with Crippen LogP contribution < -0.4 is 15.5 Å². The third kappa shape index (κ3) is 6.93. The summed E-state index contributed by atoms with van der Waals surface area (Å²) in [6.45, 7) is 3.79. The van der Waals surface area contributed by atoms with E-state index in [1.54, 1.807) is 18.2 Å². The number of carbonyl (C=O) groups excluding carboxylic acids is 2. The maximum atomic E-state index is 12.1. The summed E-state index contributed by atoms with van der Waals surface area (Å²) in [7, 11) is 0. The number of hydrogen-bond acceptors (Lipinski definition) is 8. The molecule has 12 nitrogen and oxygen atoms in total. The van der Waals surface area contributed by atoms with Crippen LogP contribution in [0.5, 0.6) is 11.5 Å². The molecule has 184 valence electrons. The second kappa shape index (κ2) is 11.3. The normalized spacial score (nSPS) is 10.6. The number of nitrogens with one attached hydrogen (secondary N) is 2. The molecule has 0 bridgehead atoms. The first-order valence-corrected chi connectivity index (χ1v) is 10.5. The van der Waals surface area contributed by atoms with Crippen molar-refractivity contribution in [3.8, 4) is 11.5 Å². The van der Waals surface area contributed by atoms with Crippen molar-refractivity contribution in [1.82, 2.24) is 5.43 Å². The highest BCUT2D eigenvalue weighted by Crippen LogP contribution is 2.34. The highest BCUT2D eigenvalue weighted by Gasteiger charge is 2.21. The molecule has 0 fully saturated rings. The Labute approximate surface area is 204 Å². The van der Waals surface area contributed by atoms with E-state index in [4.69, 9.17) is 4.74 Å². The fraction of sp³-hybridized carbons (Fsp3) is 0.125.